The van der Waals surface area contributed by atoms with E-state index in [0.717, 1.165) is 16.7 Å². The minimum absolute atomic E-state index is 0.0411. The molecular formula is C24H33NO6. The zero-order valence-corrected chi connectivity index (χ0v) is 19.1. The number of benzene rings is 1. The van der Waals surface area contributed by atoms with Crippen molar-refractivity contribution in [1.29, 1.82) is 0 Å². The normalized spacial score (nSPS) is 20.4. The third-order valence-electron chi connectivity index (χ3n) is 5.64. The van der Waals surface area contributed by atoms with Gasteiger partial charge in [0.25, 0.3) is 0 Å². The van der Waals surface area contributed by atoms with Crippen LogP contribution in [-0.2, 0) is 30.2 Å². The van der Waals surface area contributed by atoms with E-state index in [1.165, 1.54) is 7.11 Å². The molecular weight excluding hydrogens is 398 g/mol. The Balaban J connectivity index is 2.12. The van der Waals surface area contributed by atoms with E-state index < -0.39 is 11.5 Å². The molecule has 1 fully saturated rings. The van der Waals surface area contributed by atoms with Gasteiger partial charge in [0.2, 0.25) is 5.91 Å². The summed E-state index contributed by atoms with van der Waals surface area (Å²) >= 11 is 0. The van der Waals surface area contributed by atoms with E-state index in [9.17, 15) is 9.59 Å². The average Bonchev–Trinajstić information content (AvgIpc) is 2.76. The molecule has 0 heterocycles. The van der Waals surface area contributed by atoms with Crippen LogP contribution in [0.1, 0.15) is 49.3 Å². The minimum atomic E-state index is -1.04. The molecule has 0 aromatic heterocycles. The molecule has 1 amide bonds. The van der Waals surface area contributed by atoms with Gasteiger partial charge in [-0.1, -0.05) is 5.92 Å². The lowest BCUT2D eigenvalue weighted by atomic mass is 9.80. The van der Waals surface area contributed by atoms with Gasteiger partial charge in [0.15, 0.2) is 0 Å². The van der Waals surface area contributed by atoms with E-state index >= 15 is 0 Å². The van der Waals surface area contributed by atoms with Crippen molar-refractivity contribution in [2.24, 2.45) is 0 Å². The van der Waals surface area contributed by atoms with Crippen molar-refractivity contribution in [1.82, 2.24) is 5.32 Å². The Morgan fingerprint density at radius 2 is 1.87 bits per heavy atom. The van der Waals surface area contributed by atoms with Gasteiger partial charge in [-0.15, -0.1) is 5.92 Å². The highest BCUT2D eigenvalue weighted by atomic mass is 16.5. The summed E-state index contributed by atoms with van der Waals surface area (Å²) in [5.41, 5.74) is 1.48. The molecule has 0 spiro atoms. The summed E-state index contributed by atoms with van der Waals surface area (Å²) in [6.45, 7) is 4.73. The van der Waals surface area contributed by atoms with Crippen LogP contribution < -0.4 is 10.1 Å². The zero-order chi connectivity index (χ0) is 22.9. The van der Waals surface area contributed by atoms with Gasteiger partial charge in [-0.25, -0.2) is 4.79 Å². The molecule has 1 aliphatic rings. The Labute approximate surface area is 184 Å². The van der Waals surface area contributed by atoms with E-state index in [2.05, 4.69) is 17.2 Å². The summed E-state index contributed by atoms with van der Waals surface area (Å²) in [6.07, 6.45) is 2.38. The maximum atomic E-state index is 13.0. The van der Waals surface area contributed by atoms with Gasteiger partial charge in [0, 0.05) is 18.2 Å². The molecule has 1 N–H and O–H groups in total. The molecule has 7 nitrogen and oxygen atoms in total. The Kier molecular flexibility index (Phi) is 9.35. The largest absolute Gasteiger partial charge is 0.496 e. The molecule has 31 heavy (non-hydrogen) atoms. The Morgan fingerprint density at radius 1 is 1.16 bits per heavy atom. The third-order valence-corrected chi connectivity index (χ3v) is 5.64. The summed E-state index contributed by atoms with van der Waals surface area (Å²) < 4.78 is 21.3. The number of hydrogen-bond donors (Lipinski definition) is 1. The summed E-state index contributed by atoms with van der Waals surface area (Å²) in [4.78, 5) is 25.6. The first-order valence-corrected chi connectivity index (χ1v) is 10.5. The number of methoxy groups -OCH3 is 3. The third kappa shape index (κ3) is 6.46. The fraction of sp³-hybridized carbons (Fsp3) is 0.583. The van der Waals surface area contributed by atoms with Crippen molar-refractivity contribution < 1.29 is 28.5 Å². The number of rotatable bonds is 9. The van der Waals surface area contributed by atoms with Crippen LogP contribution in [0.5, 0.6) is 5.75 Å². The Hall–Kier alpha value is -2.56. The fourth-order valence-corrected chi connectivity index (χ4v) is 4.01. The van der Waals surface area contributed by atoms with E-state index in [4.69, 9.17) is 18.9 Å². The zero-order valence-electron chi connectivity index (χ0n) is 19.1. The van der Waals surface area contributed by atoms with Crippen molar-refractivity contribution >= 4 is 11.9 Å². The smallest absolute Gasteiger partial charge is 0.331 e. The summed E-state index contributed by atoms with van der Waals surface area (Å²) in [6, 6.07) is 3.75. The number of nitrogens with one attached hydrogen (secondary N) is 1. The molecule has 170 valence electrons. The second-order valence-electron chi connectivity index (χ2n) is 7.71. The lowest BCUT2D eigenvalue weighted by molar-refractivity contribution is -0.154. The van der Waals surface area contributed by atoms with Crippen molar-refractivity contribution in [3.8, 4) is 17.6 Å². The van der Waals surface area contributed by atoms with Gasteiger partial charge in [0.1, 0.15) is 11.3 Å². The van der Waals surface area contributed by atoms with E-state index in [-0.39, 0.29) is 18.4 Å². The number of ether oxygens (including phenoxy) is 4. The van der Waals surface area contributed by atoms with E-state index in [1.54, 1.807) is 21.1 Å². The van der Waals surface area contributed by atoms with Crippen molar-refractivity contribution in [2.75, 3.05) is 34.5 Å². The molecule has 0 radical (unpaired) electrons. The Morgan fingerprint density at radius 3 is 2.45 bits per heavy atom. The number of hydrogen-bond acceptors (Lipinski definition) is 6. The summed E-state index contributed by atoms with van der Waals surface area (Å²) in [7, 11) is 4.54. The van der Waals surface area contributed by atoms with Gasteiger partial charge in [-0.05, 0) is 57.2 Å². The molecule has 1 aliphatic carbocycles. The van der Waals surface area contributed by atoms with Crippen LogP contribution in [0.15, 0.2) is 12.1 Å². The molecule has 7 heteroatoms. The highest BCUT2D eigenvalue weighted by Crippen LogP contribution is 2.32. The first kappa shape index (κ1) is 24.7. The van der Waals surface area contributed by atoms with E-state index in [0.29, 0.717) is 44.6 Å². The van der Waals surface area contributed by atoms with Crippen LogP contribution in [0.25, 0.3) is 0 Å². The Bertz CT molecular complexity index is 830. The van der Waals surface area contributed by atoms with Gasteiger partial charge in [-0.2, -0.15) is 0 Å². The molecule has 1 aromatic rings. The maximum Gasteiger partial charge on any atom is 0.331 e. The first-order chi connectivity index (χ1) is 14.9. The van der Waals surface area contributed by atoms with Crippen LogP contribution in [0.3, 0.4) is 0 Å². The van der Waals surface area contributed by atoms with E-state index in [1.807, 2.05) is 19.1 Å². The van der Waals surface area contributed by atoms with Crippen LogP contribution >= 0.6 is 0 Å². The summed E-state index contributed by atoms with van der Waals surface area (Å²) in [5, 5.41) is 2.96. The lowest BCUT2D eigenvalue weighted by Crippen LogP contribution is -2.57. The monoisotopic (exact) mass is 431 g/mol. The second-order valence-corrected chi connectivity index (χ2v) is 7.71. The van der Waals surface area contributed by atoms with Crippen molar-refractivity contribution in [3.63, 3.8) is 0 Å². The lowest BCUT2D eigenvalue weighted by Gasteiger charge is -2.38. The standard InChI is InChI=1S/C24H33NO6/c1-6-7-18-14-17(2)20(21(15-18)29-4)16-22(26)25-24(23(27)30-5)10-8-19(9-11-24)31-13-12-28-3/h14-15,19H,8-13,16H2,1-5H3,(H,25,26). The molecule has 1 saturated carbocycles. The van der Waals surface area contributed by atoms with Gasteiger partial charge in [-0.3, -0.25) is 4.79 Å². The number of carbonyl (C=O) groups is 2. The first-order valence-electron chi connectivity index (χ1n) is 10.5. The highest BCUT2D eigenvalue weighted by Gasteiger charge is 2.44. The number of amides is 1. The number of carbonyl (C=O) groups excluding carboxylic acids is 2. The maximum absolute atomic E-state index is 13.0. The van der Waals surface area contributed by atoms with Crippen LogP contribution in [0.4, 0.5) is 0 Å². The van der Waals surface area contributed by atoms with Crippen LogP contribution in [0.2, 0.25) is 0 Å². The highest BCUT2D eigenvalue weighted by molar-refractivity contribution is 5.89. The average molecular weight is 432 g/mol. The molecule has 0 atom stereocenters. The van der Waals surface area contributed by atoms with Gasteiger partial charge < -0.3 is 24.3 Å². The SMILES string of the molecule is CC#Cc1cc(C)c(CC(=O)NC2(C(=O)OC)CCC(OCCOC)CC2)c(OC)c1. The topological polar surface area (TPSA) is 83.1 Å². The van der Waals surface area contributed by atoms with Gasteiger partial charge >= 0.3 is 5.97 Å². The molecule has 0 saturated heterocycles. The number of esters is 1. The second kappa shape index (κ2) is 11.7. The van der Waals surface area contributed by atoms with Crippen LogP contribution in [-0.4, -0.2) is 58.1 Å². The van der Waals surface area contributed by atoms with Crippen molar-refractivity contribution in [2.45, 2.75) is 57.6 Å². The quantitative estimate of drug-likeness (QED) is 0.368. The number of aryl methyl sites for hydroxylation is 1. The predicted molar refractivity (Wildman–Crippen MR) is 117 cm³/mol. The fourth-order valence-electron chi connectivity index (χ4n) is 4.01. The van der Waals surface area contributed by atoms with Crippen molar-refractivity contribution in [3.05, 3.63) is 28.8 Å². The minimum Gasteiger partial charge on any atom is -0.496 e. The van der Waals surface area contributed by atoms with Crippen LogP contribution in [0, 0.1) is 18.8 Å². The molecule has 0 bridgehead atoms. The predicted octanol–water partition coefficient (Wildman–Crippen LogP) is 2.55. The molecule has 1 aromatic carbocycles. The molecule has 2 rings (SSSR count). The summed E-state index contributed by atoms with van der Waals surface area (Å²) in [5.74, 6) is 5.81. The van der Waals surface area contributed by atoms with Gasteiger partial charge in [0.05, 0.1) is 40.0 Å². The molecule has 0 aliphatic heterocycles. The molecule has 0 unspecified atom stereocenters.